The summed E-state index contributed by atoms with van der Waals surface area (Å²) in [5, 5.41) is 14.6. The van der Waals surface area contributed by atoms with E-state index in [1.807, 2.05) is 0 Å². The Labute approximate surface area is 124 Å². The minimum absolute atomic E-state index is 0.110. The second kappa shape index (κ2) is 7.11. The third kappa shape index (κ3) is 4.77. The molecule has 0 aromatic heterocycles. The Balaban J connectivity index is 1.65. The number of carboxylic acid groups (broad SMARTS) is 1. The van der Waals surface area contributed by atoms with Gasteiger partial charge in [-0.05, 0) is 42.9 Å². The van der Waals surface area contributed by atoms with Gasteiger partial charge >= 0.3 is 12.0 Å². The van der Waals surface area contributed by atoms with Crippen LogP contribution in [0.15, 0.2) is 24.3 Å². The van der Waals surface area contributed by atoms with Gasteiger partial charge in [0.05, 0.1) is 5.56 Å². The van der Waals surface area contributed by atoms with Crippen molar-refractivity contribution in [1.29, 1.82) is 0 Å². The van der Waals surface area contributed by atoms with Crippen molar-refractivity contribution in [2.45, 2.75) is 38.6 Å². The van der Waals surface area contributed by atoms with E-state index in [4.69, 9.17) is 5.11 Å². The molecule has 1 saturated carbocycles. The summed E-state index contributed by atoms with van der Waals surface area (Å²) in [6, 6.07) is 6.96. The lowest BCUT2D eigenvalue weighted by Gasteiger charge is -2.07. The van der Waals surface area contributed by atoms with Gasteiger partial charge in [-0.1, -0.05) is 25.5 Å². The SMILES string of the molecule is CCCC1CC1NC(=O)NCCc1ccc(C(=O)O)cc1. The second-order valence-electron chi connectivity index (χ2n) is 5.54. The first kappa shape index (κ1) is 15.4. The standard InChI is InChI=1S/C16H22N2O3/c1-2-3-13-10-14(13)18-16(21)17-9-8-11-4-6-12(7-5-11)15(19)20/h4-7,13-14H,2-3,8-10H2,1H3,(H,19,20)(H2,17,18,21). The van der Waals surface area contributed by atoms with Crippen LogP contribution in [0.1, 0.15) is 42.1 Å². The van der Waals surface area contributed by atoms with Crippen molar-refractivity contribution in [2.24, 2.45) is 5.92 Å². The molecule has 0 radical (unpaired) electrons. The molecule has 1 aromatic rings. The van der Waals surface area contributed by atoms with Gasteiger partial charge in [0.1, 0.15) is 0 Å². The molecule has 21 heavy (non-hydrogen) atoms. The van der Waals surface area contributed by atoms with Gasteiger partial charge in [-0.2, -0.15) is 0 Å². The average molecular weight is 290 g/mol. The highest BCUT2D eigenvalue weighted by molar-refractivity contribution is 5.87. The minimum Gasteiger partial charge on any atom is -0.478 e. The number of benzene rings is 1. The number of nitrogens with one attached hydrogen (secondary N) is 2. The third-order valence-electron chi connectivity index (χ3n) is 3.80. The van der Waals surface area contributed by atoms with E-state index >= 15 is 0 Å². The van der Waals surface area contributed by atoms with Gasteiger partial charge in [-0.25, -0.2) is 9.59 Å². The molecule has 0 heterocycles. The highest BCUT2D eigenvalue weighted by atomic mass is 16.4. The van der Waals surface area contributed by atoms with Gasteiger partial charge in [-0.15, -0.1) is 0 Å². The summed E-state index contributed by atoms with van der Waals surface area (Å²) in [5.74, 6) is -0.269. The summed E-state index contributed by atoms with van der Waals surface area (Å²) in [5.41, 5.74) is 1.29. The lowest BCUT2D eigenvalue weighted by atomic mass is 10.1. The predicted octanol–water partition coefficient (Wildman–Crippen LogP) is 2.42. The number of hydrogen-bond acceptors (Lipinski definition) is 2. The fraction of sp³-hybridized carbons (Fsp3) is 0.500. The minimum atomic E-state index is -0.926. The number of amides is 2. The normalized spacial score (nSPS) is 19.9. The van der Waals surface area contributed by atoms with Crippen LogP contribution in [0.3, 0.4) is 0 Å². The zero-order valence-corrected chi connectivity index (χ0v) is 12.3. The molecule has 2 unspecified atom stereocenters. The summed E-state index contributed by atoms with van der Waals surface area (Å²) in [6.45, 7) is 2.70. The van der Waals surface area contributed by atoms with Crippen LogP contribution in [0.2, 0.25) is 0 Å². The first-order chi connectivity index (χ1) is 10.1. The molecule has 5 heteroatoms. The Hall–Kier alpha value is -2.04. The van der Waals surface area contributed by atoms with E-state index < -0.39 is 5.97 Å². The second-order valence-corrected chi connectivity index (χ2v) is 5.54. The molecule has 0 bridgehead atoms. The molecule has 2 rings (SSSR count). The van der Waals surface area contributed by atoms with Crippen LogP contribution < -0.4 is 10.6 Å². The van der Waals surface area contributed by atoms with Crippen LogP contribution in [0.4, 0.5) is 4.79 Å². The molecule has 2 atom stereocenters. The van der Waals surface area contributed by atoms with Crippen molar-refractivity contribution in [1.82, 2.24) is 10.6 Å². The predicted molar refractivity (Wildman–Crippen MR) is 80.4 cm³/mol. The lowest BCUT2D eigenvalue weighted by Crippen LogP contribution is -2.38. The van der Waals surface area contributed by atoms with Gasteiger partial charge < -0.3 is 15.7 Å². The summed E-state index contributed by atoms with van der Waals surface area (Å²) in [6.07, 6.45) is 4.13. The smallest absolute Gasteiger partial charge is 0.335 e. The molecule has 114 valence electrons. The van der Waals surface area contributed by atoms with E-state index in [0.717, 1.165) is 18.4 Å². The number of carboxylic acids is 1. The zero-order chi connectivity index (χ0) is 15.2. The fourth-order valence-corrected chi connectivity index (χ4v) is 2.47. The first-order valence-corrected chi connectivity index (χ1v) is 7.46. The highest BCUT2D eigenvalue weighted by Gasteiger charge is 2.36. The van der Waals surface area contributed by atoms with Crippen molar-refractivity contribution in [2.75, 3.05) is 6.54 Å². The van der Waals surface area contributed by atoms with Gasteiger partial charge in [-0.3, -0.25) is 0 Å². The molecule has 1 fully saturated rings. The number of rotatable bonds is 7. The van der Waals surface area contributed by atoms with E-state index in [1.165, 1.54) is 6.42 Å². The molecule has 1 aliphatic rings. The van der Waals surface area contributed by atoms with Crippen LogP contribution in [-0.2, 0) is 6.42 Å². The number of carbonyl (C=O) groups is 2. The summed E-state index contributed by atoms with van der Waals surface area (Å²) in [4.78, 5) is 22.4. The molecule has 2 amide bonds. The molecule has 3 N–H and O–H groups in total. The van der Waals surface area contributed by atoms with Crippen LogP contribution in [-0.4, -0.2) is 29.7 Å². The summed E-state index contributed by atoms with van der Waals surface area (Å²) < 4.78 is 0. The van der Waals surface area contributed by atoms with Crippen molar-refractivity contribution < 1.29 is 14.7 Å². The molecular weight excluding hydrogens is 268 g/mol. The molecule has 1 aliphatic carbocycles. The topological polar surface area (TPSA) is 78.4 Å². The van der Waals surface area contributed by atoms with Gasteiger partial charge in [0.2, 0.25) is 0 Å². The van der Waals surface area contributed by atoms with Gasteiger partial charge in [0.15, 0.2) is 0 Å². The molecule has 1 aromatic carbocycles. The Morgan fingerprint density at radius 3 is 2.62 bits per heavy atom. The van der Waals surface area contributed by atoms with Crippen molar-refractivity contribution in [3.05, 3.63) is 35.4 Å². The third-order valence-corrected chi connectivity index (χ3v) is 3.80. The van der Waals surface area contributed by atoms with Crippen molar-refractivity contribution >= 4 is 12.0 Å². The van der Waals surface area contributed by atoms with Crippen molar-refractivity contribution in [3.8, 4) is 0 Å². The number of urea groups is 1. The van der Waals surface area contributed by atoms with Crippen LogP contribution in [0.25, 0.3) is 0 Å². The Kier molecular flexibility index (Phi) is 5.20. The number of hydrogen-bond donors (Lipinski definition) is 3. The molecular formula is C16H22N2O3. The van der Waals surface area contributed by atoms with E-state index in [-0.39, 0.29) is 11.6 Å². The largest absolute Gasteiger partial charge is 0.478 e. The lowest BCUT2D eigenvalue weighted by molar-refractivity contribution is 0.0697. The van der Waals surface area contributed by atoms with Crippen LogP contribution in [0, 0.1) is 5.92 Å². The van der Waals surface area contributed by atoms with E-state index in [2.05, 4.69) is 17.6 Å². The number of aromatic carboxylic acids is 1. The quantitative estimate of drug-likeness (QED) is 0.721. The van der Waals surface area contributed by atoms with E-state index in [1.54, 1.807) is 24.3 Å². The maximum Gasteiger partial charge on any atom is 0.335 e. The first-order valence-electron chi connectivity index (χ1n) is 7.46. The highest BCUT2D eigenvalue weighted by Crippen LogP contribution is 2.34. The average Bonchev–Trinajstić information content (AvgIpc) is 3.17. The summed E-state index contributed by atoms with van der Waals surface area (Å²) in [7, 11) is 0. The Bertz CT molecular complexity index is 499. The molecule has 0 spiro atoms. The Morgan fingerprint density at radius 1 is 1.29 bits per heavy atom. The van der Waals surface area contributed by atoms with Crippen LogP contribution >= 0.6 is 0 Å². The fourth-order valence-electron chi connectivity index (χ4n) is 2.47. The van der Waals surface area contributed by atoms with E-state index in [9.17, 15) is 9.59 Å². The monoisotopic (exact) mass is 290 g/mol. The summed E-state index contributed by atoms with van der Waals surface area (Å²) >= 11 is 0. The van der Waals surface area contributed by atoms with Crippen LogP contribution in [0.5, 0.6) is 0 Å². The van der Waals surface area contributed by atoms with Gasteiger partial charge in [0, 0.05) is 12.6 Å². The molecule has 5 nitrogen and oxygen atoms in total. The number of carbonyl (C=O) groups excluding carboxylic acids is 1. The van der Waals surface area contributed by atoms with E-state index in [0.29, 0.717) is 24.9 Å². The zero-order valence-electron chi connectivity index (χ0n) is 12.3. The van der Waals surface area contributed by atoms with Crippen molar-refractivity contribution in [3.63, 3.8) is 0 Å². The molecule has 0 aliphatic heterocycles. The maximum atomic E-state index is 11.7. The molecule has 0 saturated heterocycles. The Morgan fingerprint density at radius 2 is 2.00 bits per heavy atom. The maximum absolute atomic E-state index is 11.7. The van der Waals surface area contributed by atoms with Gasteiger partial charge in [0.25, 0.3) is 0 Å².